The molecule has 9 heteroatoms. The van der Waals surface area contributed by atoms with Gasteiger partial charge in [0.1, 0.15) is 16.5 Å². The van der Waals surface area contributed by atoms with E-state index in [0.717, 1.165) is 41.4 Å². The minimum atomic E-state index is -4.07. The minimum Gasteiger partial charge on any atom is -0.497 e. The third-order valence-corrected chi connectivity index (χ3v) is 10.2. The zero-order valence-electron chi connectivity index (χ0n) is 20.3. The summed E-state index contributed by atoms with van der Waals surface area (Å²) >= 11 is 0. The van der Waals surface area contributed by atoms with Crippen molar-refractivity contribution in [2.45, 2.75) is 49.0 Å². The number of nitrogens with one attached hydrogen (secondary N) is 1. The Morgan fingerprint density at radius 2 is 1.89 bits per heavy atom. The van der Waals surface area contributed by atoms with Crippen LogP contribution in [0.2, 0.25) is 0 Å². The summed E-state index contributed by atoms with van der Waals surface area (Å²) in [7, 11) is -2.45. The van der Waals surface area contributed by atoms with Crippen molar-refractivity contribution >= 4 is 26.8 Å². The first-order valence-electron chi connectivity index (χ1n) is 12.5. The summed E-state index contributed by atoms with van der Waals surface area (Å²) in [6.45, 7) is 1.56. The molecule has 190 valence electrons. The molecule has 6 rings (SSSR count). The van der Waals surface area contributed by atoms with Crippen LogP contribution in [0.5, 0.6) is 5.75 Å². The molecule has 2 fully saturated rings. The van der Waals surface area contributed by atoms with Crippen LogP contribution in [0.25, 0.3) is 10.9 Å². The van der Waals surface area contributed by atoms with Gasteiger partial charge in [0.25, 0.3) is 0 Å². The number of hydrogen-bond donors (Lipinski definition) is 1. The summed E-state index contributed by atoms with van der Waals surface area (Å²) in [5.74, 6) is 0.331. The fraction of sp³-hybridized carbons (Fsp3) is 0.444. The minimum absolute atomic E-state index is 0.134. The molecule has 1 aromatic heterocycles. The SMILES string of the molecule is COc1ccc2c3c([nH]c2c1)CN(S(=O)(=O)c1ccccc1F)CC31CCN(C(=O)C2CCC2)CC1. The van der Waals surface area contributed by atoms with E-state index in [1.165, 1.54) is 22.5 Å². The first kappa shape index (κ1) is 23.5. The molecule has 3 heterocycles. The van der Waals surface area contributed by atoms with Crippen LogP contribution in [0.15, 0.2) is 47.4 Å². The van der Waals surface area contributed by atoms with E-state index in [1.54, 1.807) is 13.2 Å². The quantitative estimate of drug-likeness (QED) is 0.570. The second-order valence-electron chi connectivity index (χ2n) is 10.3. The Kier molecular flexibility index (Phi) is 5.60. The second-order valence-corrected chi connectivity index (χ2v) is 12.2. The van der Waals surface area contributed by atoms with E-state index < -0.39 is 21.3 Å². The number of piperidine rings is 1. The highest BCUT2D eigenvalue weighted by molar-refractivity contribution is 7.89. The molecule has 2 aromatic carbocycles. The van der Waals surface area contributed by atoms with E-state index in [4.69, 9.17) is 4.74 Å². The van der Waals surface area contributed by atoms with Gasteiger partial charge in [0.15, 0.2) is 0 Å². The zero-order chi connectivity index (χ0) is 25.1. The number of H-pyrrole nitrogens is 1. The van der Waals surface area contributed by atoms with Crippen molar-refractivity contribution < 1.29 is 22.3 Å². The lowest BCUT2D eigenvalue weighted by Gasteiger charge is -2.48. The van der Waals surface area contributed by atoms with Crippen molar-refractivity contribution in [1.29, 1.82) is 0 Å². The van der Waals surface area contributed by atoms with Crippen molar-refractivity contribution in [2.75, 3.05) is 26.7 Å². The van der Waals surface area contributed by atoms with E-state index >= 15 is 0 Å². The average molecular weight is 512 g/mol. The topological polar surface area (TPSA) is 82.7 Å². The van der Waals surface area contributed by atoms with Crippen LogP contribution in [-0.4, -0.2) is 55.3 Å². The first-order valence-corrected chi connectivity index (χ1v) is 14.0. The number of ether oxygens (including phenoxy) is 1. The van der Waals surface area contributed by atoms with Gasteiger partial charge in [-0.3, -0.25) is 4.79 Å². The number of carbonyl (C=O) groups excluding carboxylic acids is 1. The molecular formula is C27H30FN3O4S. The predicted molar refractivity (Wildman–Crippen MR) is 134 cm³/mol. The van der Waals surface area contributed by atoms with Gasteiger partial charge in [-0.15, -0.1) is 0 Å². The van der Waals surface area contributed by atoms with E-state index in [-0.39, 0.29) is 29.8 Å². The predicted octanol–water partition coefficient (Wildman–Crippen LogP) is 4.18. The smallest absolute Gasteiger partial charge is 0.246 e. The van der Waals surface area contributed by atoms with Crippen LogP contribution < -0.4 is 4.74 Å². The summed E-state index contributed by atoms with van der Waals surface area (Å²) in [6, 6.07) is 11.4. The largest absolute Gasteiger partial charge is 0.497 e. The van der Waals surface area contributed by atoms with Gasteiger partial charge in [0.2, 0.25) is 15.9 Å². The number of aromatic amines is 1. The van der Waals surface area contributed by atoms with Gasteiger partial charge in [-0.1, -0.05) is 18.6 Å². The molecule has 1 amide bonds. The van der Waals surface area contributed by atoms with E-state index in [0.29, 0.717) is 31.7 Å². The van der Waals surface area contributed by atoms with E-state index in [2.05, 4.69) is 4.98 Å². The molecule has 1 saturated heterocycles. The van der Waals surface area contributed by atoms with Crippen molar-refractivity contribution in [3.8, 4) is 5.75 Å². The molecule has 1 aliphatic carbocycles. The Morgan fingerprint density at radius 1 is 1.14 bits per heavy atom. The van der Waals surface area contributed by atoms with Crippen LogP contribution in [0.3, 0.4) is 0 Å². The monoisotopic (exact) mass is 511 g/mol. The molecule has 0 radical (unpaired) electrons. The number of hydrogen-bond acceptors (Lipinski definition) is 4. The molecule has 1 spiro atoms. The molecule has 3 aromatic rings. The number of nitrogens with zero attached hydrogens (tertiary/aromatic N) is 2. The van der Waals surface area contributed by atoms with Gasteiger partial charge in [0, 0.05) is 53.6 Å². The Bertz CT molecular complexity index is 1440. The van der Waals surface area contributed by atoms with Crippen LogP contribution >= 0.6 is 0 Å². The molecular weight excluding hydrogens is 481 g/mol. The molecule has 7 nitrogen and oxygen atoms in total. The molecule has 0 bridgehead atoms. The first-order chi connectivity index (χ1) is 17.3. The highest BCUT2D eigenvalue weighted by Crippen LogP contribution is 2.47. The lowest BCUT2D eigenvalue weighted by molar-refractivity contribution is -0.140. The van der Waals surface area contributed by atoms with Gasteiger partial charge in [-0.2, -0.15) is 4.31 Å². The van der Waals surface area contributed by atoms with E-state index in [1.807, 2.05) is 23.1 Å². The summed E-state index contributed by atoms with van der Waals surface area (Å²) in [4.78, 5) is 18.0. The number of sulfonamides is 1. The van der Waals surface area contributed by atoms with Crippen molar-refractivity contribution in [1.82, 2.24) is 14.2 Å². The number of rotatable bonds is 4. The lowest BCUT2D eigenvalue weighted by atomic mass is 9.69. The Morgan fingerprint density at radius 3 is 2.56 bits per heavy atom. The molecule has 0 atom stereocenters. The number of fused-ring (bicyclic) bond motifs is 4. The lowest BCUT2D eigenvalue weighted by Crippen LogP contribution is -2.54. The molecule has 2 aliphatic heterocycles. The van der Waals surface area contributed by atoms with Gasteiger partial charge in [0.05, 0.1) is 13.7 Å². The number of aromatic nitrogens is 1. The number of benzene rings is 2. The summed E-state index contributed by atoms with van der Waals surface area (Å²) in [5.41, 5.74) is 2.35. The molecule has 1 saturated carbocycles. The normalized spacial score (nSPS) is 20.3. The molecule has 3 aliphatic rings. The Hall–Kier alpha value is -2.91. The Balaban J connectivity index is 1.41. The van der Waals surface area contributed by atoms with Gasteiger partial charge in [-0.05, 0) is 55.5 Å². The van der Waals surface area contributed by atoms with Crippen molar-refractivity contribution in [3.05, 3.63) is 59.5 Å². The van der Waals surface area contributed by atoms with Crippen LogP contribution in [0, 0.1) is 11.7 Å². The maximum absolute atomic E-state index is 14.6. The average Bonchev–Trinajstić information content (AvgIpc) is 3.22. The maximum atomic E-state index is 14.6. The standard InChI is InChI=1S/C27H30FN3O4S/c1-35-19-9-10-20-22(15-19)29-23-16-31(36(33,34)24-8-3-2-7-21(24)28)17-27(25(20)23)11-13-30(14-12-27)26(32)18-5-4-6-18/h2-3,7-10,15,18,29H,4-6,11-14,16-17H2,1H3. The number of likely N-dealkylation sites (tertiary alicyclic amines) is 1. The summed E-state index contributed by atoms with van der Waals surface area (Å²) < 4.78 is 48.7. The number of halogens is 1. The van der Waals surface area contributed by atoms with Crippen LogP contribution in [-0.2, 0) is 26.8 Å². The van der Waals surface area contributed by atoms with Crippen molar-refractivity contribution in [2.24, 2.45) is 5.92 Å². The Labute approximate surface area is 210 Å². The number of carbonyl (C=O) groups is 1. The van der Waals surface area contributed by atoms with Crippen molar-refractivity contribution in [3.63, 3.8) is 0 Å². The third-order valence-electron chi connectivity index (χ3n) is 8.37. The number of methoxy groups -OCH3 is 1. The summed E-state index contributed by atoms with van der Waals surface area (Å²) in [5, 5.41) is 1.05. The van der Waals surface area contributed by atoms with Gasteiger partial charge >= 0.3 is 0 Å². The molecule has 0 unspecified atom stereocenters. The van der Waals surface area contributed by atoms with Gasteiger partial charge < -0.3 is 14.6 Å². The maximum Gasteiger partial charge on any atom is 0.246 e. The van der Waals surface area contributed by atoms with Gasteiger partial charge in [-0.25, -0.2) is 12.8 Å². The highest BCUT2D eigenvalue weighted by Gasteiger charge is 2.48. The fourth-order valence-corrected chi connectivity index (χ4v) is 7.73. The fourth-order valence-electron chi connectivity index (χ4n) is 6.17. The molecule has 36 heavy (non-hydrogen) atoms. The number of amides is 1. The highest BCUT2D eigenvalue weighted by atomic mass is 32.2. The van der Waals surface area contributed by atoms with Crippen LogP contribution in [0.4, 0.5) is 4.39 Å². The second kappa shape index (κ2) is 8.59. The summed E-state index contributed by atoms with van der Waals surface area (Å²) in [6.07, 6.45) is 4.34. The van der Waals surface area contributed by atoms with Crippen LogP contribution in [0.1, 0.15) is 43.4 Å². The molecule has 1 N–H and O–H groups in total. The third kappa shape index (κ3) is 3.63. The van der Waals surface area contributed by atoms with E-state index in [9.17, 15) is 17.6 Å². The zero-order valence-corrected chi connectivity index (χ0v) is 21.1.